The van der Waals surface area contributed by atoms with Crippen LogP contribution < -0.4 is 0 Å². The SMILES string of the molecule is O=C(C(Sc1ccccc1)c1ccccc1)n1c2c(c3ccccc31)CCCC2. The lowest BCUT2D eigenvalue weighted by atomic mass is 9.95. The molecule has 0 radical (unpaired) electrons. The fourth-order valence-corrected chi connectivity index (χ4v) is 5.47. The highest BCUT2D eigenvalue weighted by Crippen LogP contribution is 2.39. The first kappa shape index (κ1) is 18.3. The van der Waals surface area contributed by atoms with Crippen molar-refractivity contribution < 1.29 is 4.79 Å². The number of fused-ring (bicyclic) bond motifs is 3. The van der Waals surface area contributed by atoms with Gasteiger partial charge in [-0.1, -0.05) is 66.7 Å². The predicted molar refractivity (Wildman–Crippen MR) is 121 cm³/mol. The maximum atomic E-state index is 14.0. The normalized spacial score (nSPS) is 14.5. The summed E-state index contributed by atoms with van der Waals surface area (Å²) in [6, 6.07) is 28.8. The van der Waals surface area contributed by atoms with E-state index in [0.29, 0.717) is 0 Å². The van der Waals surface area contributed by atoms with Crippen LogP contribution in [0, 0.1) is 0 Å². The van der Waals surface area contributed by atoms with Crippen LogP contribution in [0.4, 0.5) is 0 Å². The molecule has 1 atom stereocenters. The molecule has 1 aliphatic carbocycles. The first-order valence-corrected chi connectivity index (χ1v) is 11.1. The Morgan fingerprint density at radius 1 is 0.793 bits per heavy atom. The fraction of sp³-hybridized carbons (Fsp3) is 0.192. The standard InChI is InChI=1S/C26H23NOS/c28-26(25(19-11-3-1-4-12-19)29-20-13-5-2-6-14-20)27-23-17-9-7-15-21(23)22-16-8-10-18-24(22)27/h1-7,9,11-15,17,25H,8,10,16,18H2. The van der Waals surface area contributed by atoms with E-state index in [1.54, 1.807) is 11.8 Å². The number of hydrogen-bond acceptors (Lipinski definition) is 2. The molecule has 3 heteroatoms. The van der Waals surface area contributed by atoms with E-state index < -0.39 is 0 Å². The maximum absolute atomic E-state index is 14.0. The van der Waals surface area contributed by atoms with Crippen LogP contribution in [0.25, 0.3) is 10.9 Å². The van der Waals surface area contributed by atoms with Gasteiger partial charge < -0.3 is 0 Å². The van der Waals surface area contributed by atoms with Crippen molar-refractivity contribution in [2.45, 2.75) is 35.8 Å². The molecule has 0 aliphatic heterocycles. The number of benzene rings is 3. The minimum atomic E-state index is -0.277. The minimum absolute atomic E-state index is 0.157. The molecule has 4 aromatic rings. The lowest BCUT2D eigenvalue weighted by Crippen LogP contribution is -2.21. The van der Waals surface area contributed by atoms with Crippen LogP contribution in [0.1, 0.15) is 39.7 Å². The predicted octanol–water partition coefficient (Wildman–Crippen LogP) is 6.69. The van der Waals surface area contributed by atoms with Gasteiger partial charge in [-0.3, -0.25) is 9.36 Å². The molecule has 0 bridgehead atoms. The molecule has 2 nitrogen and oxygen atoms in total. The quantitative estimate of drug-likeness (QED) is 0.358. The number of thioether (sulfide) groups is 1. The summed E-state index contributed by atoms with van der Waals surface area (Å²) in [5, 5.41) is 0.965. The number of carbonyl (C=O) groups is 1. The third-order valence-electron chi connectivity index (χ3n) is 5.72. The van der Waals surface area contributed by atoms with Crippen LogP contribution in [0.3, 0.4) is 0 Å². The Morgan fingerprint density at radius 2 is 1.45 bits per heavy atom. The second-order valence-corrected chi connectivity index (χ2v) is 8.72. The molecular formula is C26H23NOS. The summed E-state index contributed by atoms with van der Waals surface area (Å²) >= 11 is 1.64. The Bertz CT molecular complexity index is 1150. The number of para-hydroxylation sites is 1. The lowest BCUT2D eigenvalue weighted by molar-refractivity contribution is 0.0912. The van der Waals surface area contributed by atoms with E-state index in [9.17, 15) is 4.79 Å². The zero-order valence-electron chi connectivity index (χ0n) is 16.3. The lowest BCUT2D eigenvalue weighted by Gasteiger charge is -2.20. The minimum Gasteiger partial charge on any atom is -0.283 e. The van der Waals surface area contributed by atoms with Crippen molar-refractivity contribution >= 4 is 28.6 Å². The largest absolute Gasteiger partial charge is 0.283 e. The highest BCUT2D eigenvalue weighted by Gasteiger charge is 2.29. The Balaban J connectivity index is 1.65. The third-order valence-corrected chi connectivity index (χ3v) is 6.98. The molecule has 0 amide bonds. The van der Waals surface area contributed by atoms with Crippen molar-refractivity contribution in [2.24, 2.45) is 0 Å². The molecule has 1 unspecified atom stereocenters. The molecule has 3 aromatic carbocycles. The van der Waals surface area contributed by atoms with E-state index in [0.717, 1.165) is 35.2 Å². The number of nitrogens with zero attached hydrogens (tertiary/aromatic N) is 1. The van der Waals surface area contributed by atoms with E-state index in [1.807, 2.05) is 47.0 Å². The average Bonchev–Trinajstić information content (AvgIpc) is 3.13. The van der Waals surface area contributed by atoms with Crippen molar-refractivity contribution in [1.82, 2.24) is 4.57 Å². The third kappa shape index (κ3) is 3.40. The Hall–Kier alpha value is -2.78. The Labute approximate surface area is 175 Å². The van der Waals surface area contributed by atoms with Crippen LogP contribution in [0.5, 0.6) is 0 Å². The van der Waals surface area contributed by atoms with E-state index >= 15 is 0 Å². The van der Waals surface area contributed by atoms with Gasteiger partial charge in [0.1, 0.15) is 5.25 Å². The summed E-state index contributed by atoms with van der Waals surface area (Å²) in [6.45, 7) is 0. The van der Waals surface area contributed by atoms with Crippen molar-refractivity contribution in [3.8, 4) is 0 Å². The van der Waals surface area contributed by atoms with Crippen LogP contribution in [-0.4, -0.2) is 10.5 Å². The second-order valence-electron chi connectivity index (χ2n) is 7.54. The van der Waals surface area contributed by atoms with E-state index in [4.69, 9.17) is 0 Å². The summed E-state index contributed by atoms with van der Waals surface area (Å²) < 4.78 is 2.03. The molecule has 0 saturated carbocycles. The Kier molecular flexibility index (Phi) is 4.99. The van der Waals surface area contributed by atoms with Crippen LogP contribution in [0.15, 0.2) is 89.8 Å². The van der Waals surface area contributed by atoms with Gasteiger partial charge in [-0.05, 0) is 55.0 Å². The number of carbonyl (C=O) groups excluding carboxylic acids is 1. The summed E-state index contributed by atoms with van der Waals surface area (Å²) in [7, 11) is 0. The molecule has 5 rings (SSSR count). The van der Waals surface area contributed by atoms with Gasteiger partial charge in [0.15, 0.2) is 0 Å². The molecule has 29 heavy (non-hydrogen) atoms. The Morgan fingerprint density at radius 3 is 2.24 bits per heavy atom. The molecule has 144 valence electrons. The molecule has 1 heterocycles. The fourth-order valence-electron chi connectivity index (χ4n) is 4.39. The van der Waals surface area contributed by atoms with Gasteiger partial charge in [-0.2, -0.15) is 0 Å². The van der Waals surface area contributed by atoms with Crippen molar-refractivity contribution in [3.63, 3.8) is 0 Å². The highest BCUT2D eigenvalue weighted by atomic mass is 32.2. The molecular weight excluding hydrogens is 374 g/mol. The monoisotopic (exact) mass is 397 g/mol. The molecule has 0 spiro atoms. The average molecular weight is 398 g/mol. The second kappa shape index (κ2) is 7.92. The number of hydrogen-bond donors (Lipinski definition) is 0. The first-order chi connectivity index (χ1) is 14.3. The van der Waals surface area contributed by atoms with E-state index in [2.05, 4.69) is 42.5 Å². The van der Waals surface area contributed by atoms with Crippen molar-refractivity contribution in [2.75, 3.05) is 0 Å². The summed E-state index contributed by atoms with van der Waals surface area (Å²) in [5.74, 6) is 0.157. The van der Waals surface area contributed by atoms with E-state index in [-0.39, 0.29) is 11.2 Å². The number of aryl methyl sites for hydroxylation is 1. The van der Waals surface area contributed by atoms with Gasteiger partial charge in [0, 0.05) is 16.0 Å². The van der Waals surface area contributed by atoms with Gasteiger partial charge in [-0.15, -0.1) is 11.8 Å². The summed E-state index contributed by atoms with van der Waals surface area (Å²) in [4.78, 5) is 15.1. The van der Waals surface area contributed by atoms with Crippen LogP contribution in [0.2, 0.25) is 0 Å². The van der Waals surface area contributed by atoms with Gasteiger partial charge in [0.25, 0.3) is 0 Å². The number of aromatic nitrogens is 1. The molecule has 0 N–H and O–H groups in total. The smallest absolute Gasteiger partial charge is 0.249 e. The van der Waals surface area contributed by atoms with Gasteiger partial charge in [0.05, 0.1) is 5.52 Å². The number of rotatable bonds is 4. The summed E-state index contributed by atoms with van der Waals surface area (Å²) in [6.07, 6.45) is 4.40. The maximum Gasteiger partial charge on any atom is 0.249 e. The highest BCUT2D eigenvalue weighted by molar-refractivity contribution is 8.00. The molecule has 1 aromatic heterocycles. The van der Waals surface area contributed by atoms with Gasteiger partial charge in [-0.25, -0.2) is 0 Å². The van der Waals surface area contributed by atoms with Crippen molar-refractivity contribution in [3.05, 3.63) is 102 Å². The van der Waals surface area contributed by atoms with Crippen LogP contribution >= 0.6 is 11.8 Å². The van der Waals surface area contributed by atoms with Crippen LogP contribution in [-0.2, 0) is 12.8 Å². The van der Waals surface area contributed by atoms with Crippen molar-refractivity contribution in [1.29, 1.82) is 0 Å². The van der Waals surface area contributed by atoms with Gasteiger partial charge in [0.2, 0.25) is 5.91 Å². The zero-order chi connectivity index (χ0) is 19.6. The van der Waals surface area contributed by atoms with E-state index in [1.165, 1.54) is 23.1 Å². The zero-order valence-corrected chi connectivity index (χ0v) is 17.1. The first-order valence-electron chi connectivity index (χ1n) is 10.2. The molecule has 1 aliphatic rings. The summed E-state index contributed by atoms with van der Waals surface area (Å²) in [5.41, 5.74) is 4.70. The topological polar surface area (TPSA) is 22.0 Å². The van der Waals surface area contributed by atoms with Gasteiger partial charge >= 0.3 is 0 Å². The molecule has 0 fully saturated rings. The molecule has 0 saturated heterocycles.